The van der Waals surface area contributed by atoms with E-state index in [1.165, 1.54) is 18.5 Å². The minimum absolute atomic E-state index is 0.561. The second kappa shape index (κ2) is 6.69. The van der Waals surface area contributed by atoms with Crippen molar-refractivity contribution in [3.8, 4) is 11.5 Å². The summed E-state index contributed by atoms with van der Waals surface area (Å²) >= 11 is 0. The molecule has 0 amide bonds. The van der Waals surface area contributed by atoms with Gasteiger partial charge in [0.1, 0.15) is 6.61 Å². The Balaban J connectivity index is 1.23. The van der Waals surface area contributed by atoms with E-state index in [0.29, 0.717) is 12.5 Å². The Hall–Kier alpha value is -2.46. The fourth-order valence-corrected chi connectivity index (χ4v) is 4.29. The number of ether oxygens (including phenoxy) is 2. The van der Waals surface area contributed by atoms with Crippen molar-refractivity contribution in [2.75, 3.05) is 44.2 Å². The summed E-state index contributed by atoms with van der Waals surface area (Å²) in [5.41, 5.74) is 4.25. The van der Waals surface area contributed by atoms with Gasteiger partial charge in [-0.2, -0.15) is 0 Å². The van der Waals surface area contributed by atoms with Crippen LogP contribution in [0.5, 0.6) is 11.5 Å². The highest BCUT2D eigenvalue weighted by atomic mass is 16.5. The lowest BCUT2D eigenvalue weighted by molar-refractivity contribution is 0.233. The molecule has 0 unspecified atom stereocenters. The lowest BCUT2D eigenvalue weighted by atomic mass is 9.77. The third-order valence-electron chi connectivity index (χ3n) is 5.73. The van der Waals surface area contributed by atoms with Crippen LogP contribution in [0, 0.1) is 0 Å². The maximum absolute atomic E-state index is 5.92. The van der Waals surface area contributed by atoms with Crippen LogP contribution in [0.25, 0.3) is 0 Å². The first-order chi connectivity index (χ1) is 12.9. The Bertz CT molecular complexity index is 825. The molecule has 0 spiro atoms. The van der Waals surface area contributed by atoms with Crippen LogP contribution in [0.3, 0.4) is 0 Å². The standard InChI is InChI=1S/C22H24N2O2/c1-2-6-19-17(5-1)15-18(19)16-23-9-11-24(12-10-23)20-7-3-8-21-22(20)26-14-4-13-25-21/h1-8,13,18H,9-12,14-16H2/t18-/m0/s1. The van der Waals surface area contributed by atoms with Crippen LogP contribution in [-0.4, -0.2) is 44.2 Å². The van der Waals surface area contributed by atoms with Gasteiger partial charge in [-0.3, -0.25) is 4.90 Å². The summed E-state index contributed by atoms with van der Waals surface area (Å²) in [5, 5.41) is 0. The molecule has 1 atom stereocenters. The van der Waals surface area contributed by atoms with E-state index in [0.717, 1.165) is 43.4 Å². The molecule has 134 valence electrons. The molecule has 26 heavy (non-hydrogen) atoms. The summed E-state index contributed by atoms with van der Waals surface area (Å²) in [5.74, 6) is 2.40. The highest BCUT2D eigenvalue weighted by molar-refractivity contribution is 5.65. The Morgan fingerprint density at radius 3 is 2.73 bits per heavy atom. The quantitative estimate of drug-likeness (QED) is 0.848. The van der Waals surface area contributed by atoms with Gasteiger partial charge >= 0.3 is 0 Å². The van der Waals surface area contributed by atoms with E-state index in [2.05, 4.69) is 40.1 Å². The summed E-state index contributed by atoms with van der Waals surface area (Å²) in [7, 11) is 0. The second-order valence-corrected chi connectivity index (χ2v) is 7.29. The van der Waals surface area contributed by atoms with E-state index >= 15 is 0 Å². The Labute approximate surface area is 154 Å². The van der Waals surface area contributed by atoms with Crippen molar-refractivity contribution in [1.82, 2.24) is 4.90 Å². The van der Waals surface area contributed by atoms with E-state index in [1.54, 1.807) is 11.8 Å². The van der Waals surface area contributed by atoms with Crippen LogP contribution < -0.4 is 14.4 Å². The molecule has 1 aliphatic carbocycles. The molecule has 4 heteroatoms. The summed E-state index contributed by atoms with van der Waals surface area (Å²) in [6.45, 7) is 6.00. The second-order valence-electron chi connectivity index (χ2n) is 7.29. The minimum Gasteiger partial charge on any atom is -0.483 e. The van der Waals surface area contributed by atoms with E-state index in [9.17, 15) is 0 Å². The number of hydrogen-bond donors (Lipinski definition) is 0. The van der Waals surface area contributed by atoms with Gasteiger partial charge in [0, 0.05) is 38.6 Å². The molecule has 2 heterocycles. The molecule has 0 bridgehead atoms. The van der Waals surface area contributed by atoms with Crippen LogP contribution in [0.15, 0.2) is 54.8 Å². The fraction of sp³-hybridized carbons (Fsp3) is 0.364. The predicted molar refractivity (Wildman–Crippen MR) is 103 cm³/mol. The lowest BCUT2D eigenvalue weighted by Crippen LogP contribution is -2.48. The molecule has 1 fully saturated rings. The first-order valence-corrected chi connectivity index (χ1v) is 9.51. The third-order valence-corrected chi connectivity index (χ3v) is 5.73. The number of hydrogen-bond acceptors (Lipinski definition) is 4. The van der Waals surface area contributed by atoms with Crippen molar-refractivity contribution in [3.05, 3.63) is 65.9 Å². The molecule has 0 aromatic heterocycles. The summed E-state index contributed by atoms with van der Waals surface area (Å²) < 4.78 is 11.6. The topological polar surface area (TPSA) is 24.9 Å². The summed E-state index contributed by atoms with van der Waals surface area (Å²) in [6.07, 6.45) is 4.85. The van der Waals surface area contributed by atoms with E-state index in [-0.39, 0.29) is 0 Å². The first-order valence-electron chi connectivity index (χ1n) is 9.51. The minimum atomic E-state index is 0.561. The van der Waals surface area contributed by atoms with Crippen molar-refractivity contribution in [3.63, 3.8) is 0 Å². The monoisotopic (exact) mass is 348 g/mol. The van der Waals surface area contributed by atoms with Gasteiger partial charge in [0.2, 0.25) is 0 Å². The van der Waals surface area contributed by atoms with Gasteiger partial charge in [-0.15, -0.1) is 0 Å². The molecule has 5 rings (SSSR count). The van der Waals surface area contributed by atoms with E-state index in [1.807, 2.05) is 18.2 Å². The van der Waals surface area contributed by atoms with Crippen molar-refractivity contribution < 1.29 is 9.47 Å². The van der Waals surface area contributed by atoms with Crippen LogP contribution in [-0.2, 0) is 6.42 Å². The Morgan fingerprint density at radius 1 is 0.962 bits per heavy atom. The van der Waals surface area contributed by atoms with Crippen LogP contribution in [0.2, 0.25) is 0 Å². The molecule has 3 aliphatic rings. The molecule has 0 radical (unpaired) electrons. The smallest absolute Gasteiger partial charge is 0.185 e. The average molecular weight is 348 g/mol. The van der Waals surface area contributed by atoms with Crippen molar-refractivity contribution in [2.24, 2.45) is 0 Å². The zero-order valence-corrected chi connectivity index (χ0v) is 14.9. The number of anilines is 1. The van der Waals surface area contributed by atoms with Gasteiger partial charge in [-0.05, 0) is 35.8 Å². The zero-order valence-electron chi connectivity index (χ0n) is 14.9. The highest BCUT2D eigenvalue weighted by Crippen LogP contribution is 2.40. The molecule has 2 aromatic carbocycles. The molecule has 2 aliphatic heterocycles. The highest BCUT2D eigenvalue weighted by Gasteiger charge is 2.29. The van der Waals surface area contributed by atoms with Crippen molar-refractivity contribution >= 4 is 5.69 Å². The van der Waals surface area contributed by atoms with Gasteiger partial charge in [-0.25, -0.2) is 0 Å². The lowest BCUT2D eigenvalue weighted by Gasteiger charge is -2.40. The van der Waals surface area contributed by atoms with Crippen LogP contribution in [0.1, 0.15) is 17.0 Å². The molecule has 0 N–H and O–H groups in total. The maximum Gasteiger partial charge on any atom is 0.185 e. The SMILES string of the molecule is C1=COc2cccc(N3CCN(C[C@@H]4Cc5ccccc54)CC3)c2OC1. The van der Waals surface area contributed by atoms with Crippen molar-refractivity contribution in [1.29, 1.82) is 0 Å². The Morgan fingerprint density at radius 2 is 1.85 bits per heavy atom. The van der Waals surface area contributed by atoms with E-state index < -0.39 is 0 Å². The number of fused-ring (bicyclic) bond motifs is 2. The molecule has 2 aromatic rings. The van der Waals surface area contributed by atoms with Crippen LogP contribution >= 0.6 is 0 Å². The van der Waals surface area contributed by atoms with Gasteiger partial charge in [0.25, 0.3) is 0 Å². The maximum atomic E-state index is 5.92. The molecule has 4 nitrogen and oxygen atoms in total. The van der Waals surface area contributed by atoms with Gasteiger partial charge in [-0.1, -0.05) is 30.3 Å². The Kier molecular flexibility index (Phi) is 4.06. The number of piperazine rings is 1. The average Bonchev–Trinajstić information content (AvgIpc) is 2.92. The predicted octanol–water partition coefficient (Wildman–Crippen LogP) is 3.43. The van der Waals surface area contributed by atoms with Gasteiger partial charge < -0.3 is 14.4 Å². The molecular formula is C22H24N2O2. The zero-order chi connectivity index (χ0) is 17.3. The normalized spacial score (nSPS) is 21.7. The number of nitrogens with zero attached hydrogens (tertiary/aromatic N) is 2. The molecular weight excluding hydrogens is 324 g/mol. The van der Waals surface area contributed by atoms with E-state index in [4.69, 9.17) is 9.47 Å². The van der Waals surface area contributed by atoms with Gasteiger partial charge in [0.15, 0.2) is 11.5 Å². The van der Waals surface area contributed by atoms with Crippen LogP contribution in [0.4, 0.5) is 5.69 Å². The third kappa shape index (κ3) is 2.84. The molecule has 0 saturated carbocycles. The fourth-order valence-electron chi connectivity index (χ4n) is 4.29. The summed E-state index contributed by atoms with van der Waals surface area (Å²) in [6, 6.07) is 15.0. The molecule has 1 saturated heterocycles. The number of para-hydroxylation sites is 1. The van der Waals surface area contributed by atoms with Gasteiger partial charge in [0.05, 0.1) is 11.9 Å². The number of benzene rings is 2. The summed E-state index contributed by atoms with van der Waals surface area (Å²) in [4.78, 5) is 5.04. The van der Waals surface area contributed by atoms with Crippen molar-refractivity contribution in [2.45, 2.75) is 12.3 Å². The first kappa shape index (κ1) is 15.8. The largest absolute Gasteiger partial charge is 0.483 e. The number of rotatable bonds is 3.